The number of pyridine rings is 1. The van der Waals surface area contributed by atoms with E-state index in [1.807, 2.05) is 98.4 Å². The largest absolute Gasteiger partial charge is 2.00 e. The van der Waals surface area contributed by atoms with Crippen molar-refractivity contribution in [2.75, 3.05) is 0 Å². The van der Waals surface area contributed by atoms with Crippen LogP contribution in [-0.2, 0) is 42.1 Å². The van der Waals surface area contributed by atoms with Crippen molar-refractivity contribution in [3.63, 3.8) is 0 Å². The molecule has 0 amide bonds. The van der Waals surface area contributed by atoms with Crippen molar-refractivity contribution in [3.8, 4) is 45.5 Å². The Hall–Kier alpha value is -10.5. The van der Waals surface area contributed by atoms with E-state index in [2.05, 4.69) is 223 Å². The molecular weight excluding hydrogens is 1430 g/mol. The summed E-state index contributed by atoms with van der Waals surface area (Å²) >= 11 is 0. The van der Waals surface area contributed by atoms with Crippen LogP contribution >= 0.6 is 0 Å². The number of hydrogen-bond donors (Lipinski definition) is 0. The molecule has 0 saturated heterocycles. The molecule has 0 unspecified atom stereocenters. The van der Waals surface area contributed by atoms with Gasteiger partial charge in [0.15, 0.2) is 0 Å². The normalized spacial score (nSPS) is 11.5. The third-order valence-electron chi connectivity index (χ3n) is 15.8. The predicted octanol–water partition coefficient (Wildman–Crippen LogP) is 15.1. The molecule has 13 nitrogen and oxygen atoms in total. The Morgan fingerprint density at radius 1 is 0.267 bits per heavy atom. The smallest absolute Gasteiger partial charge is 0.358 e. The van der Waals surface area contributed by atoms with Gasteiger partial charge in [-0.3, -0.25) is 23.3 Å². The minimum absolute atomic E-state index is 0. The second kappa shape index (κ2) is 21.3. The number of rotatable bonds is 8. The van der Waals surface area contributed by atoms with E-state index in [0.29, 0.717) is 0 Å². The van der Waals surface area contributed by atoms with Crippen LogP contribution in [0.4, 0.5) is 0 Å². The van der Waals surface area contributed by atoms with Crippen molar-refractivity contribution in [2.24, 2.45) is 0 Å². The third kappa shape index (κ3) is 8.49. The summed E-state index contributed by atoms with van der Waals surface area (Å²) in [5, 5.41) is 27.7. The van der Waals surface area contributed by atoms with Crippen molar-refractivity contribution < 1.29 is 42.1 Å². The quantitative estimate of drug-likeness (QED) is 0.141. The van der Waals surface area contributed by atoms with Gasteiger partial charge < -0.3 is 13.7 Å². The first kappa shape index (κ1) is 52.4. The first-order chi connectivity index (χ1) is 41.7. The fraction of sp³-hybridized carbons (Fsp3) is 0. The molecule has 0 N–H and O–H groups in total. The molecule has 9 heterocycles. The molecule has 0 atom stereocenters. The van der Waals surface area contributed by atoms with Gasteiger partial charge in [0.1, 0.15) is 5.65 Å². The van der Waals surface area contributed by atoms with Gasteiger partial charge in [0.25, 0.3) is 0 Å². The van der Waals surface area contributed by atoms with Gasteiger partial charge in [0, 0.05) is 63.6 Å². The first-order valence-corrected chi connectivity index (χ1v) is 27.6. The second-order valence-corrected chi connectivity index (χ2v) is 20.5. The van der Waals surface area contributed by atoms with Crippen LogP contribution in [0.2, 0.25) is 0 Å². The van der Waals surface area contributed by atoms with Gasteiger partial charge in [0.2, 0.25) is 0 Å². The number of benzene rings is 9. The summed E-state index contributed by atoms with van der Waals surface area (Å²) in [6, 6.07) is 85.5. The molecule has 18 rings (SSSR count). The maximum absolute atomic E-state index is 4.80. The SMILES string of the molecule is [Pt+2].[Pt+2].[c-]1c(-n2cc(-n3c4ccccc4c4cccnc43)cn2)cccc1-n1c2[c-]c(-n3cccn3)ccc2c2ccccc21.[c-]1c(-n2cccn2)cccc1-n1c2[c-]c(-n3cc(-n4c5ccccc5c5ccccc54)cn3)ccc2c2ccccc21. The zero-order chi connectivity index (χ0) is 55.2. The predicted molar refractivity (Wildman–Crippen MR) is 332 cm³/mol. The van der Waals surface area contributed by atoms with Crippen LogP contribution in [0.1, 0.15) is 0 Å². The molecule has 0 spiro atoms. The van der Waals surface area contributed by atoms with Crippen LogP contribution in [0.3, 0.4) is 0 Å². The van der Waals surface area contributed by atoms with Gasteiger partial charge in [-0.15, -0.1) is 71.4 Å². The van der Waals surface area contributed by atoms with E-state index in [1.165, 1.54) is 21.5 Å². The second-order valence-electron chi connectivity index (χ2n) is 20.5. The van der Waals surface area contributed by atoms with Crippen LogP contribution in [-0.4, -0.2) is 62.4 Å². The first-order valence-electron chi connectivity index (χ1n) is 27.6. The van der Waals surface area contributed by atoms with E-state index in [9.17, 15) is 0 Å². The minimum Gasteiger partial charge on any atom is -0.358 e. The van der Waals surface area contributed by atoms with Crippen molar-refractivity contribution in [1.82, 2.24) is 62.4 Å². The summed E-state index contributed by atoms with van der Waals surface area (Å²) in [6.07, 6.45) is 17.2. The van der Waals surface area contributed by atoms with E-state index in [0.717, 1.165) is 111 Å². The molecule has 0 aliphatic carbocycles. The Morgan fingerprint density at radius 3 is 1.14 bits per heavy atom. The van der Waals surface area contributed by atoms with Gasteiger partial charge in [0.05, 0.1) is 52.7 Å². The zero-order valence-corrected chi connectivity index (χ0v) is 49.8. The summed E-state index contributed by atoms with van der Waals surface area (Å²) in [7, 11) is 0. The van der Waals surface area contributed by atoms with E-state index in [4.69, 9.17) is 15.2 Å². The standard InChI is InChI=1S/C36H22N6.C35H21N7.2Pt/c1-5-15-34-29(11-1)30-12-2-6-16-35(30)42(34)28-23-38-40(24-28)26-17-18-32-31-13-3-4-14-33(31)41(36(32)22-26)27-10-7-9-25(21-27)39-20-8-19-37-39;1-3-13-32-28(10-1)30-16-15-25(39-19-7-18-37-39)21-34(30)41(32)26-9-5-8-24(20-26)40-23-27(22-38-40)42-33-14-4-2-11-29(33)31-12-6-17-36-35(31)42;;/h1-20,23-24H;1-19,22-23H;;/q2*-2;2*+2. The maximum atomic E-state index is 4.80. The molecule has 0 fully saturated rings. The van der Waals surface area contributed by atoms with E-state index >= 15 is 0 Å². The number of hydrogen-bond acceptors (Lipinski definition) is 5. The van der Waals surface area contributed by atoms with Crippen molar-refractivity contribution >= 4 is 87.4 Å². The Bertz CT molecular complexity index is 5440. The Labute approximate surface area is 520 Å². The number of nitrogens with zero attached hydrogens (tertiary/aromatic N) is 13. The monoisotopic (exact) mass is 1470 g/mol. The van der Waals surface area contributed by atoms with E-state index in [1.54, 1.807) is 12.4 Å². The molecule has 0 aliphatic heterocycles. The Balaban J connectivity index is 0.000000142. The molecule has 9 aromatic carbocycles. The van der Waals surface area contributed by atoms with Crippen molar-refractivity contribution in [2.45, 2.75) is 0 Å². The van der Waals surface area contributed by atoms with Crippen LogP contribution < -0.4 is 0 Å². The summed E-state index contributed by atoms with van der Waals surface area (Å²) in [4.78, 5) is 4.71. The molecule has 0 bridgehead atoms. The number of para-hydroxylation sites is 5. The van der Waals surface area contributed by atoms with Gasteiger partial charge in [-0.2, -0.15) is 44.7 Å². The minimum atomic E-state index is 0. The van der Waals surface area contributed by atoms with E-state index in [-0.39, 0.29) is 42.1 Å². The molecular formula is C71H43N13Pt2. The molecule has 15 heteroatoms. The van der Waals surface area contributed by atoms with Crippen molar-refractivity contribution in [3.05, 3.63) is 286 Å². The molecule has 412 valence electrons. The van der Waals surface area contributed by atoms with Gasteiger partial charge in [-0.05, 0) is 88.1 Å². The summed E-state index contributed by atoms with van der Waals surface area (Å²) in [5.41, 5.74) is 15.7. The van der Waals surface area contributed by atoms with Crippen LogP contribution in [0, 0.1) is 24.3 Å². The number of aromatic nitrogens is 13. The molecule has 0 saturated carbocycles. The third-order valence-corrected chi connectivity index (χ3v) is 15.8. The summed E-state index contributed by atoms with van der Waals surface area (Å²) in [6.45, 7) is 0. The summed E-state index contributed by atoms with van der Waals surface area (Å²) in [5.74, 6) is 0. The molecule has 0 aliphatic rings. The van der Waals surface area contributed by atoms with Crippen LogP contribution in [0.15, 0.2) is 262 Å². The average Bonchev–Trinajstić information content (AvgIpc) is 1.84. The van der Waals surface area contributed by atoms with Gasteiger partial charge >= 0.3 is 42.1 Å². The average molecular weight is 1470 g/mol. The van der Waals surface area contributed by atoms with Crippen LogP contribution in [0.25, 0.3) is 133 Å². The van der Waals surface area contributed by atoms with Gasteiger partial charge in [-0.1, -0.05) is 113 Å². The Kier molecular flexibility index (Phi) is 13.0. The van der Waals surface area contributed by atoms with Gasteiger partial charge in [-0.25, -0.2) is 4.98 Å². The molecule has 0 radical (unpaired) electrons. The molecule has 18 aromatic rings. The summed E-state index contributed by atoms with van der Waals surface area (Å²) < 4.78 is 16.3. The zero-order valence-electron chi connectivity index (χ0n) is 45.3. The molecule has 9 aromatic heterocycles. The maximum Gasteiger partial charge on any atom is 2.00 e. The topological polar surface area (TPSA) is 104 Å². The fourth-order valence-electron chi connectivity index (χ4n) is 12.2. The van der Waals surface area contributed by atoms with Crippen molar-refractivity contribution in [1.29, 1.82) is 0 Å². The van der Waals surface area contributed by atoms with E-state index < -0.39 is 0 Å². The number of fused-ring (bicyclic) bond motifs is 12. The molecule has 86 heavy (non-hydrogen) atoms. The Morgan fingerprint density at radius 2 is 0.651 bits per heavy atom. The van der Waals surface area contributed by atoms with Crippen LogP contribution in [0.5, 0.6) is 0 Å². The fourth-order valence-corrected chi connectivity index (χ4v) is 12.2.